The van der Waals surface area contributed by atoms with Crippen molar-refractivity contribution in [2.24, 2.45) is 7.05 Å². The number of hydrogen-bond donors (Lipinski definition) is 1. The van der Waals surface area contributed by atoms with Crippen molar-refractivity contribution in [3.05, 3.63) is 22.2 Å². The standard InChI is InChI=1S/C10H10BrF5N4O3S/c1-8(2)4(12)7(19-23-8)24(21,22)10(15,16)6-5(9(11,13)14)17-20(3)18-6/h19H,1-3H3. The fourth-order valence-electron chi connectivity index (χ4n) is 1.76. The van der Waals surface area contributed by atoms with Gasteiger partial charge >= 0.3 is 10.1 Å². The lowest BCUT2D eigenvalue weighted by molar-refractivity contribution is -0.0275. The van der Waals surface area contributed by atoms with Crippen molar-refractivity contribution in [2.45, 2.75) is 29.5 Å². The molecule has 0 atom stereocenters. The van der Waals surface area contributed by atoms with Crippen LogP contribution >= 0.6 is 15.9 Å². The second-order valence-electron chi connectivity index (χ2n) is 5.26. The number of sulfone groups is 1. The highest BCUT2D eigenvalue weighted by molar-refractivity contribution is 9.09. The molecule has 0 bridgehead atoms. The summed E-state index contributed by atoms with van der Waals surface area (Å²) in [6.07, 6.45) is 0. The van der Waals surface area contributed by atoms with E-state index in [1.807, 2.05) is 15.9 Å². The molecule has 0 spiro atoms. The van der Waals surface area contributed by atoms with Crippen LogP contribution in [0.2, 0.25) is 0 Å². The van der Waals surface area contributed by atoms with Gasteiger partial charge in [0, 0.05) is 7.05 Å². The van der Waals surface area contributed by atoms with E-state index in [1.54, 1.807) is 5.48 Å². The quantitative estimate of drug-likeness (QED) is 0.570. The monoisotopic (exact) mass is 440 g/mol. The summed E-state index contributed by atoms with van der Waals surface area (Å²) in [4.78, 5) is 0.837. The number of nitrogens with one attached hydrogen (secondary N) is 1. The predicted octanol–water partition coefficient (Wildman–Crippen LogP) is 2.18. The van der Waals surface area contributed by atoms with Gasteiger partial charge in [0.05, 0.1) is 0 Å². The van der Waals surface area contributed by atoms with Crippen molar-refractivity contribution in [3.63, 3.8) is 0 Å². The highest BCUT2D eigenvalue weighted by Crippen LogP contribution is 2.46. The van der Waals surface area contributed by atoms with Gasteiger partial charge in [-0.3, -0.25) is 10.3 Å². The van der Waals surface area contributed by atoms with Crippen LogP contribution in [0, 0.1) is 0 Å². The minimum absolute atomic E-state index is 0.344. The molecule has 1 aliphatic rings. The molecule has 7 nitrogen and oxygen atoms in total. The lowest BCUT2D eigenvalue weighted by Gasteiger charge is -2.17. The maximum Gasteiger partial charge on any atom is 0.397 e. The van der Waals surface area contributed by atoms with E-state index in [0.29, 0.717) is 4.80 Å². The SMILES string of the molecule is Cn1nc(C(F)(F)Br)c(C(F)(F)S(=O)(=O)C2=C(F)C(C)(C)ON2)n1. The van der Waals surface area contributed by atoms with Gasteiger partial charge in [-0.25, -0.2) is 12.8 Å². The summed E-state index contributed by atoms with van der Waals surface area (Å²) in [5, 5.41) is -0.526. The first kappa shape index (κ1) is 19.1. The van der Waals surface area contributed by atoms with Gasteiger partial charge in [-0.2, -0.15) is 32.6 Å². The van der Waals surface area contributed by atoms with Crippen molar-refractivity contribution in [2.75, 3.05) is 0 Å². The number of aryl methyl sites for hydroxylation is 1. The normalized spacial score (nSPS) is 18.9. The topological polar surface area (TPSA) is 86.1 Å². The summed E-state index contributed by atoms with van der Waals surface area (Å²) in [5.41, 5.74) is -3.72. The molecule has 0 aliphatic carbocycles. The molecule has 136 valence electrons. The van der Waals surface area contributed by atoms with E-state index < -0.39 is 47.8 Å². The molecule has 14 heteroatoms. The van der Waals surface area contributed by atoms with Gasteiger partial charge in [0.2, 0.25) is 0 Å². The van der Waals surface area contributed by atoms with Crippen molar-refractivity contribution in [3.8, 4) is 0 Å². The minimum Gasteiger partial charge on any atom is -0.262 e. The number of hydrogen-bond acceptors (Lipinski definition) is 6. The molecule has 2 heterocycles. The highest BCUT2D eigenvalue weighted by atomic mass is 79.9. The Balaban J connectivity index is 2.66. The summed E-state index contributed by atoms with van der Waals surface area (Å²) < 4.78 is 93.9. The first-order valence-electron chi connectivity index (χ1n) is 6.08. The van der Waals surface area contributed by atoms with Crippen molar-refractivity contribution in [1.29, 1.82) is 0 Å². The van der Waals surface area contributed by atoms with E-state index in [-0.39, 0.29) is 0 Å². The molecule has 0 fully saturated rings. The van der Waals surface area contributed by atoms with E-state index in [4.69, 9.17) is 0 Å². The second-order valence-corrected chi connectivity index (χ2v) is 8.19. The van der Waals surface area contributed by atoms with Crippen LogP contribution in [0.1, 0.15) is 25.2 Å². The molecule has 0 aromatic carbocycles. The van der Waals surface area contributed by atoms with Gasteiger partial charge in [0.25, 0.3) is 9.84 Å². The number of nitrogens with zero attached hydrogens (tertiary/aromatic N) is 3. The molecule has 0 amide bonds. The van der Waals surface area contributed by atoms with Crippen LogP contribution in [0.15, 0.2) is 10.9 Å². The number of rotatable bonds is 4. The van der Waals surface area contributed by atoms with Crippen LogP contribution in [0.5, 0.6) is 0 Å². The minimum atomic E-state index is -5.82. The smallest absolute Gasteiger partial charge is 0.262 e. The Morgan fingerprint density at radius 2 is 1.71 bits per heavy atom. The third-order valence-corrected chi connectivity index (χ3v) is 5.03. The predicted molar refractivity (Wildman–Crippen MR) is 73.1 cm³/mol. The Labute approximate surface area is 140 Å². The third-order valence-electron chi connectivity index (χ3n) is 2.99. The second kappa shape index (κ2) is 5.36. The van der Waals surface area contributed by atoms with E-state index >= 15 is 0 Å². The van der Waals surface area contributed by atoms with Gasteiger partial charge in [0.1, 0.15) is 5.60 Å². The first-order chi connectivity index (χ1) is 10.6. The van der Waals surface area contributed by atoms with Crippen LogP contribution in [0.4, 0.5) is 22.0 Å². The Morgan fingerprint density at radius 3 is 2.12 bits per heavy atom. The molecule has 2 rings (SSSR count). The Morgan fingerprint density at radius 1 is 1.21 bits per heavy atom. The van der Waals surface area contributed by atoms with Gasteiger partial charge < -0.3 is 0 Å². The fourth-order valence-corrected chi connectivity index (χ4v) is 3.31. The van der Waals surface area contributed by atoms with Gasteiger partial charge in [-0.05, 0) is 29.8 Å². The van der Waals surface area contributed by atoms with Crippen molar-refractivity contribution < 1.29 is 35.2 Å². The molecule has 1 N–H and O–H groups in total. The zero-order valence-electron chi connectivity index (χ0n) is 12.2. The first-order valence-corrected chi connectivity index (χ1v) is 8.35. The summed E-state index contributed by atoms with van der Waals surface area (Å²) in [6.45, 7) is 2.16. The average Bonchev–Trinajstić information content (AvgIpc) is 2.91. The number of alkyl halides is 5. The summed E-state index contributed by atoms with van der Waals surface area (Å²) in [6, 6.07) is 0. The molecular weight excluding hydrogens is 431 g/mol. The molecule has 0 saturated carbocycles. The largest absolute Gasteiger partial charge is 0.397 e. The molecule has 0 unspecified atom stereocenters. The number of aromatic nitrogens is 3. The Hall–Kier alpha value is -1.28. The molecule has 24 heavy (non-hydrogen) atoms. The van der Waals surface area contributed by atoms with E-state index in [0.717, 1.165) is 20.9 Å². The maximum atomic E-state index is 14.5. The number of halogens is 6. The van der Waals surface area contributed by atoms with Gasteiger partial charge in [-0.15, -0.1) is 0 Å². The summed E-state index contributed by atoms with van der Waals surface area (Å²) in [7, 11) is -4.88. The molecule has 1 aromatic rings. The lowest BCUT2D eigenvalue weighted by Crippen LogP contribution is -2.33. The molecular formula is C10H10BrF5N4O3S. The summed E-state index contributed by atoms with van der Waals surface area (Å²) >= 11 is 1.82. The average molecular weight is 441 g/mol. The molecule has 0 radical (unpaired) electrons. The zero-order valence-corrected chi connectivity index (χ0v) is 14.6. The summed E-state index contributed by atoms with van der Waals surface area (Å²) in [5.74, 6) is -1.53. The number of hydroxylamine groups is 1. The van der Waals surface area contributed by atoms with Crippen molar-refractivity contribution in [1.82, 2.24) is 20.5 Å². The van der Waals surface area contributed by atoms with Gasteiger partial charge in [-0.1, -0.05) is 0 Å². The highest BCUT2D eigenvalue weighted by Gasteiger charge is 2.59. The van der Waals surface area contributed by atoms with E-state index in [1.165, 1.54) is 0 Å². The van der Waals surface area contributed by atoms with Crippen LogP contribution in [0.3, 0.4) is 0 Å². The molecule has 0 saturated heterocycles. The van der Waals surface area contributed by atoms with Crippen LogP contribution in [0.25, 0.3) is 0 Å². The fraction of sp³-hybridized carbons (Fsp3) is 0.600. The van der Waals surface area contributed by atoms with E-state index in [2.05, 4.69) is 15.0 Å². The molecule has 1 aromatic heterocycles. The Bertz CT molecular complexity index is 815. The van der Waals surface area contributed by atoms with Crippen LogP contribution in [-0.4, -0.2) is 29.0 Å². The molecule has 1 aliphatic heterocycles. The van der Waals surface area contributed by atoms with E-state index in [9.17, 15) is 30.4 Å². The lowest BCUT2D eigenvalue weighted by atomic mass is 10.1. The zero-order chi connectivity index (χ0) is 18.7. The van der Waals surface area contributed by atoms with Crippen LogP contribution < -0.4 is 5.48 Å². The maximum absolute atomic E-state index is 14.5. The van der Waals surface area contributed by atoms with Gasteiger partial charge in [0.15, 0.2) is 22.2 Å². The van der Waals surface area contributed by atoms with Crippen LogP contribution in [-0.2, 0) is 31.8 Å². The van der Waals surface area contributed by atoms with Crippen molar-refractivity contribution >= 4 is 25.8 Å². The third kappa shape index (κ3) is 2.79. The Kier molecular flexibility index (Phi) is 4.25.